The molecule has 0 aliphatic rings. The summed E-state index contributed by atoms with van der Waals surface area (Å²) in [5, 5.41) is 0. The van der Waals surface area contributed by atoms with Gasteiger partial charge in [-0.2, -0.15) is 0 Å². The first-order valence-corrected chi connectivity index (χ1v) is 4.87. The number of Topliss-reactive ketones (excluding diaryl/α,β-unsaturated/α-hetero) is 1. The highest BCUT2D eigenvalue weighted by molar-refractivity contribution is 6.02. The van der Waals surface area contributed by atoms with Gasteiger partial charge in [-0.05, 0) is 6.92 Å². The second kappa shape index (κ2) is 4.72. The van der Waals surface area contributed by atoms with E-state index in [1.54, 1.807) is 6.92 Å². The number of aromatic amines is 1. The van der Waals surface area contributed by atoms with Gasteiger partial charge in [0.2, 0.25) is 0 Å². The maximum atomic E-state index is 11.5. The van der Waals surface area contributed by atoms with E-state index in [4.69, 9.17) is 4.74 Å². The molecule has 0 bridgehead atoms. The Bertz CT molecular complexity index is 382. The fourth-order valence-electron chi connectivity index (χ4n) is 1.20. The van der Waals surface area contributed by atoms with Crippen LogP contribution in [0.15, 0.2) is 0 Å². The summed E-state index contributed by atoms with van der Waals surface area (Å²) >= 11 is 0. The minimum absolute atomic E-state index is 0.154. The third-order valence-electron chi connectivity index (χ3n) is 1.90. The lowest BCUT2D eigenvalue weighted by atomic mass is 10.2. The van der Waals surface area contributed by atoms with Crippen LogP contribution in [0, 0.1) is 0 Å². The van der Waals surface area contributed by atoms with Crippen molar-refractivity contribution >= 4 is 11.8 Å². The van der Waals surface area contributed by atoms with Gasteiger partial charge >= 0.3 is 5.97 Å². The van der Waals surface area contributed by atoms with Crippen LogP contribution in [0.3, 0.4) is 0 Å². The Hall–Kier alpha value is -1.65. The molecular weight excluding hydrogens is 196 g/mol. The number of carbonyl (C=O) groups excluding carboxylic acids is 2. The van der Waals surface area contributed by atoms with Gasteiger partial charge in [-0.3, -0.25) is 4.79 Å². The summed E-state index contributed by atoms with van der Waals surface area (Å²) < 4.78 is 4.81. The van der Waals surface area contributed by atoms with Crippen LogP contribution in [0.4, 0.5) is 0 Å². The highest BCUT2D eigenvalue weighted by atomic mass is 16.5. The number of nitrogens with one attached hydrogen (secondary N) is 1. The van der Waals surface area contributed by atoms with Gasteiger partial charge in [0.25, 0.3) is 0 Å². The molecule has 1 aromatic heterocycles. The lowest BCUT2D eigenvalue weighted by molar-refractivity contribution is 0.0516. The summed E-state index contributed by atoms with van der Waals surface area (Å²) in [6, 6.07) is 0. The number of H-pyrrole nitrogens is 1. The average Bonchev–Trinajstić information content (AvgIpc) is 2.61. The number of aryl methyl sites for hydroxylation is 1. The molecule has 0 aromatic carbocycles. The standard InChI is InChI=1S/C10H14N2O3/c1-4-7-11-8(6(3)13)9(12-7)10(14)15-5-2/h4-5H2,1-3H3,(H,11,12). The Balaban J connectivity index is 3.09. The van der Waals surface area contributed by atoms with Gasteiger partial charge in [-0.25, -0.2) is 9.78 Å². The van der Waals surface area contributed by atoms with Crippen molar-refractivity contribution in [2.24, 2.45) is 0 Å². The third-order valence-corrected chi connectivity index (χ3v) is 1.90. The lowest BCUT2D eigenvalue weighted by Crippen LogP contribution is -2.10. The summed E-state index contributed by atoms with van der Waals surface area (Å²) in [7, 11) is 0. The smallest absolute Gasteiger partial charge is 0.357 e. The number of aromatic nitrogens is 2. The molecule has 0 radical (unpaired) electrons. The Morgan fingerprint density at radius 2 is 2.07 bits per heavy atom. The van der Waals surface area contributed by atoms with Crippen molar-refractivity contribution in [2.75, 3.05) is 6.61 Å². The van der Waals surface area contributed by atoms with Crippen LogP contribution in [0.1, 0.15) is 47.6 Å². The van der Waals surface area contributed by atoms with Gasteiger partial charge in [-0.15, -0.1) is 0 Å². The maximum Gasteiger partial charge on any atom is 0.357 e. The van der Waals surface area contributed by atoms with Gasteiger partial charge < -0.3 is 9.72 Å². The zero-order valence-electron chi connectivity index (χ0n) is 9.09. The number of hydrogen-bond acceptors (Lipinski definition) is 4. The average molecular weight is 210 g/mol. The van der Waals surface area contributed by atoms with E-state index in [-0.39, 0.29) is 23.8 Å². The van der Waals surface area contributed by atoms with Crippen LogP contribution in [-0.2, 0) is 11.2 Å². The Morgan fingerprint density at radius 1 is 1.40 bits per heavy atom. The predicted molar refractivity (Wildman–Crippen MR) is 53.9 cm³/mol. The van der Waals surface area contributed by atoms with Gasteiger partial charge in [0.05, 0.1) is 6.61 Å². The molecular formula is C10H14N2O3. The zero-order chi connectivity index (χ0) is 11.4. The summed E-state index contributed by atoms with van der Waals surface area (Å²) in [5.74, 6) is -0.160. The van der Waals surface area contributed by atoms with Crippen LogP contribution < -0.4 is 0 Å². The van der Waals surface area contributed by atoms with E-state index in [9.17, 15) is 9.59 Å². The summed E-state index contributed by atoms with van der Waals surface area (Å²) in [4.78, 5) is 29.5. The van der Waals surface area contributed by atoms with Gasteiger partial charge in [0, 0.05) is 13.3 Å². The molecule has 0 saturated carbocycles. The van der Waals surface area contributed by atoms with Crippen LogP contribution >= 0.6 is 0 Å². The topological polar surface area (TPSA) is 72.1 Å². The van der Waals surface area contributed by atoms with Crippen molar-refractivity contribution in [3.05, 3.63) is 17.2 Å². The number of carbonyl (C=O) groups is 2. The van der Waals surface area contributed by atoms with E-state index < -0.39 is 5.97 Å². The monoisotopic (exact) mass is 210 g/mol. The Kier molecular flexibility index (Phi) is 3.60. The number of imidazole rings is 1. The number of esters is 1. The summed E-state index contributed by atoms with van der Waals surface area (Å²) in [6.07, 6.45) is 0.639. The molecule has 0 unspecified atom stereocenters. The Labute approximate surface area is 87.9 Å². The van der Waals surface area contributed by atoms with E-state index in [0.29, 0.717) is 12.2 Å². The Morgan fingerprint density at radius 3 is 2.53 bits per heavy atom. The van der Waals surface area contributed by atoms with Crippen molar-refractivity contribution in [3.8, 4) is 0 Å². The molecule has 0 aliphatic carbocycles. The normalized spacial score (nSPS) is 10.1. The molecule has 82 valence electrons. The van der Waals surface area contributed by atoms with Gasteiger partial charge in [0.15, 0.2) is 11.5 Å². The van der Waals surface area contributed by atoms with Gasteiger partial charge in [0.1, 0.15) is 11.5 Å². The van der Waals surface area contributed by atoms with Crippen LogP contribution in [0.2, 0.25) is 0 Å². The highest BCUT2D eigenvalue weighted by Crippen LogP contribution is 2.09. The number of ether oxygens (including phenoxy) is 1. The number of rotatable bonds is 4. The van der Waals surface area contributed by atoms with Crippen molar-refractivity contribution in [1.82, 2.24) is 9.97 Å². The first-order chi connectivity index (χ1) is 7.10. The van der Waals surface area contributed by atoms with Crippen molar-refractivity contribution in [1.29, 1.82) is 0 Å². The molecule has 0 spiro atoms. The number of nitrogens with zero attached hydrogens (tertiary/aromatic N) is 1. The van der Waals surface area contributed by atoms with E-state index in [1.165, 1.54) is 6.92 Å². The van der Waals surface area contributed by atoms with E-state index >= 15 is 0 Å². The SMILES string of the molecule is CCOC(=O)c1[nH]c(CC)nc1C(C)=O. The maximum absolute atomic E-state index is 11.5. The molecule has 0 atom stereocenters. The first kappa shape index (κ1) is 11.4. The van der Waals surface area contributed by atoms with Crippen molar-refractivity contribution in [2.45, 2.75) is 27.2 Å². The molecule has 15 heavy (non-hydrogen) atoms. The molecule has 0 saturated heterocycles. The fraction of sp³-hybridized carbons (Fsp3) is 0.500. The van der Waals surface area contributed by atoms with Crippen LogP contribution in [-0.4, -0.2) is 28.3 Å². The molecule has 0 amide bonds. The second-order valence-corrected chi connectivity index (χ2v) is 3.04. The summed E-state index contributed by atoms with van der Waals surface area (Å²) in [5.41, 5.74) is 0.312. The lowest BCUT2D eigenvalue weighted by Gasteiger charge is -1.99. The molecule has 0 aliphatic heterocycles. The number of ketones is 1. The molecule has 5 heteroatoms. The van der Waals surface area contributed by atoms with Crippen LogP contribution in [0.5, 0.6) is 0 Å². The second-order valence-electron chi connectivity index (χ2n) is 3.04. The fourth-order valence-corrected chi connectivity index (χ4v) is 1.20. The van der Waals surface area contributed by atoms with E-state index in [2.05, 4.69) is 9.97 Å². The molecule has 1 N–H and O–H groups in total. The van der Waals surface area contributed by atoms with E-state index in [1.807, 2.05) is 6.92 Å². The van der Waals surface area contributed by atoms with Crippen LogP contribution in [0.25, 0.3) is 0 Å². The van der Waals surface area contributed by atoms with Crippen molar-refractivity contribution < 1.29 is 14.3 Å². The molecule has 1 rings (SSSR count). The first-order valence-electron chi connectivity index (χ1n) is 4.87. The summed E-state index contributed by atoms with van der Waals surface area (Å²) in [6.45, 7) is 5.25. The predicted octanol–water partition coefficient (Wildman–Crippen LogP) is 1.35. The third kappa shape index (κ3) is 2.43. The number of hydrogen-bond donors (Lipinski definition) is 1. The van der Waals surface area contributed by atoms with Gasteiger partial charge in [-0.1, -0.05) is 6.92 Å². The molecule has 5 nitrogen and oxygen atoms in total. The van der Waals surface area contributed by atoms with Crippen molar-refractivity contribution in [3.63, 3.8) is 0 Å². The largest absolute Gasteiger partial charge is 0.461 e. The highest BCUT2D eigenvalue weighted by Gasteiger charge is 2.20. The molecule has 0 fully saturated rings. The zero-order valence-corrected chi connectivity index (χ0v) is 9.09. The quantitative estimate of drug-likeness (QED) is 0.601. The minimum Gasteiger partial charge on any atom is -0.461 e. The molecule has 1 heterocycles. The van der Waals surface area contributed by atoms with E-state index in [0.717, 1.165) is 0 Å². The molecule has 1 aromatic rings. The minimum atomic E-state index is -0.532.